The van der Waals surface area contributed by atoms with Crippen LogP contribution in [0.25, 0.3) is 0 Å². The van der Waals surface area contributed by atoms with Crippen molar-refractivity contribution in [1.82, 2.24) is 0 Å². The molecule has 3 aromatic carbocycles. The Balaban J connectivity index is 1.67. The van der Waals surface area contributed by atoms with Crippen molar-refractivity contribution in [2.24, 2.45) is 11.8 Å². The van der Waals surface area contributed by atoms with Crippen LogP contribution in [0.2, 0.25) is 5.02 Å². The highest BCUT2D eigenvalue weighted by atomic mass is 35.5. The summed E-state index contributed by atoms with van der Waals surface area (Å²) in [7, 11) is 0. The third-order valence-electron chi connectivity index (χ3n) is 6.96. The average molecular weight is 414 g/mol. The Hall–Kier alpha value is -3.24. The van der Waals surface area contributed by atoms with E-state index in [0.29, 0.717) is 10.7 Å². The SMILES string of the molecule is O=CC12c3ccccc3C(c3ccccc31)[C@H]1C(=O)N(c3ccccc3Cl)C(=O)[C@H]12. The van der Waals surface area contributed by atoms with Crippen molar-refractivity contribution in [2.45, 2.75) is 11.3 Å². The molecule has 146 valence electrons. The number of benzene rings is 3. The molecular formula is C25H16ClNO3. The Labute approximate surface area is 178 Å². The van der Waals surface area contributed by atoms with Crippen molar-refractivity contribution < 1.29 is 14.4 Å². The third-order valence-corrected chi connectivity index (χ3v) is 7.28. The minimum Gasteiger partial charge on any atom is -0.302 e. The fourth-order valence-electron chi connectivity index (χ4n) is 5.90. The summed E-state index contributed by atoms with van der Waals surface area (Å²) >= 11 is 6.35. The quantitative estimate of drug-likeness (QED) is 0.469. The van der Waals surface area contributed by atoms with E-state index in [1.807, 2.05) is 48.5 Å². The minimum absolute atomic E-state index is 0.270. The first-order valence-electron chi connectivity index (χ1n) is 9.88. The second kappa shape index (κ2) is 5.89. The molecule has 1 heterocycles. The Bertz CT molecular complexity index is 1220. The zero-order valence-corrected chi connectivity index (χ0v) is 16.5. The van der Waals surface area contributed by atoms with E-state index < -0.39 is 17.3 Å². The number of hydrogen-bond donors (Lipinski definition) is 0. The highest BCUT2D eigenvalue weighted by Gasteiger charge is 2.68. The van der Waals surface area contributed by atoms with Crippen LogP contribution in [0, 0.1) is 11.8 Å². The van der Waals surface area contributed by atoms with E-state index in [9.17, 15) is 14.4 Å². The molecular weight excluding hydrogens is 398 g/mol. The van der Waals surface area contributed by atoms with Gasteiger partial charge in [0.15, 0.2) is 0 Å². The van der Waals surface area contributed by atoms with Gasteiger partial charge in [0.25, 0.3) is 0 Å². The van der Waals surface area contributed by atoms with Gasteiger partial charge in [-0.1, -0.05) is 72.3 Å². The molecule has 4 nitrogen and oxygen atoms in total. The van der Waals surface area contributed by atoms with Crippen LogP contribution in [0.4, 0.5) is 5.69 Å². The lowest BCUT2D eigenvalue weighted by Gasteiger charge is -2.51. The number of anilines is 1. The molecule has 2 atom stereocenters. The van der Waals surface area contributed by atoms with Gasteiger partial charge in [-0.3, -0.25) is 9.59 Å². The zero-order chi connectivity index (χ0) is 20.6. The van der Waals surface area contributed by atoms with E-state index in [4.69, 9.17) is 11.6 Å². The standard InChI is InChI=1S/C25H16ClNO3/c26-18-11-5-6-12-19(18)27-23(29)21-20-14-7-1-3-9-16(14)25(13-28,22(21)24(27)30)17-10-4-2-8-15(17)20/h1-13,20-22H/t20?,21-,22+,25?/m1/s1. The number of rotatable bonds is 2. The fourth-order valence-corrected chi connectivity index (χ4v) is 6.12. The largest absolute Gasteiger partial charge is 0.302 e. The first kappa shape index (κ1) is 17.6. The summed E-state index contributed by atoms with van der Waals surface area (Å²) in [6.07, 6.45) is 0.874. The summed E-state index contributed by atoms with van der Waals surface area (Å²) in [5.41, 5.74) is 2.74. The average Bonchev–Trinajstić information content (AvgIpc) is 3.05. The first-order chi connectivity index (χ1) is 14.6. The Morgan fingerprint density at radius 2 is 1.37 bits per heavy atom. The Morgan fingerprint density at radius 3 is 1.97 bits per heavy atom. The number of nitrogens with zero attached hydrogens (tertiary/aromatic N) is 1. The molecule has 3 aromatic rings. The molecule has 0 unspecified atom stereocenters. The number of carbonyl (C=O) groups is 3. The van der Waals surface area contributed by atoms with E-state index in [1.165, 1.54) is 4.90 Å². The summed E-state index contributed by atoms with van der Waals surface area (Å²) in [5.74, 6) is -2.34. The Kier molecular flexibility index (Phi) is 3.46. The predicted molar refractivity (Wildman–Crippen MR) is 112 cm³/mol. The lowest BCUT2D eigenvalue weighted by atomic mass is 9.48. The van der Waals surface area contributed by atoms with Gasteiger partial charge in [-0.25, -0.2) is 4.90 Å². The highest BCUT2D eigenvalue weighted by Crippen LogP contribution is 2.63. The van der Waals surface area contributed by atoms with E-state index in [2.05, 4.69) is 0 Å². The topological polar surface area (TPSA) is 54.5 Å². The van der Waals surface area contributed by atoms with Crippen LogP contribution in [0.3, 0.4) is 0 Å². The van der Waals surface area contributed by atoms with Crippen molar-refractivity contribution in [2.75, 3.05) is 4.90 Å². The van der Waals surface area contributed by atoms with Crippen LogP contribution in [0.15, 0.2) is 72.8 Å². The second-order valence-corrected chi connectivity index (χ2v) is 8.51. The maximum atomic E-state index is 13.8. The number of aldehydes is 1. The molecule has 2 amide bonds. The van der Waals surface area contributed by atoms with Crippen LogP contribution in [0.1, 0.15) is 28.2 Å². The van der Waals surface area contributed by atoms with Gasteiger partial charge < -0.3 is 4.79 Å². The van der Waals surface area contributed by atoms with Crippen LogP contribution in [-0.2, 0) is 19.8 Å². The highest BCUT2D eigenvalue weighted by molar-refractivity contribution is 6.36. The molecule has 30 heavy (non-hydrogen) atoms. The smallest absolute Gasteiger partial charge is 0.239 e. The van der Waals surface area contributed by atoms with Gasteiger partial charge in [0.05, 0.1) is 28.0 Å². The molecule has 5 heteroatoms. The Morgan fingerprint density at radius 1 is 0.800 bits per heavy atom. The first-order valence-corrected chi connectivity index (χ1v) is 10.3. The molecule has 2 bridgehead atoms. The van der Waals surface area contributed by atoms with Gasteiger partial charge in [-0.15, -0.1) is 0 Å². The third kappa shape index (κ3) is 1.86. The van der Waals surface area contributed by atoms with E-state index in [-0.39, 0.29) is 17.7 Å². The zero-order valence-electron chi connectivity index (χ0n) is 15.8. The summed E-state index contributed by atoms with van der Waals surface area (Å²) in [6, 6.07) is 22.2. The maximum absolute atomic E-state index is 13.8. The summed E-state index contributed by atoms with van der Waals surface area (Å²) in [6.45, 7) is 0. The van der Waals surface area contributed by atoms with Gasteiger partial charge in [0, 0.05) is 5.92 Å². The molecule has 3 aliphatic carbocycles. The molecule has 1 saturated heterocycles. The lowest BCUT2D eigenvalue weighted by molar-refractivity contribution is -0.128. The molecule has 0 spiro atoms. The number of imide groups is 1. The number of carbonyl (C=O) groups excluding carboxylic acids is 3. The lowest BCUT2D eigenvalue weighted by Crippen LogP contribution is -2.54. The molecule has 0 saturated carbocycles. The monoisotopic (exact) mass is 413 g/mol. The van der Waals surface area contributed by atoms with Crippen LogP contribution in [0.5, 0.6) is 0 Å². The number of hydrogen-bond acceptors (Lipinski definition) is 3. The fraction of sp³-hybridized carbons (Fsp3) is 0.160. The van der Waals surface area contributed by atoms with Crippen molar-refractivity contribution in [1.29, 1.82) is 0 Å². The van der Waals surface area contributed by atoms with Crippen molar-refractivity contribution in [3.8, 4) is 0 Å². The normalized spacial score (nSPS) is 28.2. The summed E-state index contributed by atoms with van der Waals surface area (Å²) < 4.78 is 0. The van der Waals surface area contributed by atoms with Crippen LogP contribution in [-0.4, -0.2) is 18.1 Å². The summed E-state index contributed by atoms with van der Waals surface area (Å²) in [5, 5.41) is 0.334. The predicted octanol–water partition coefficient (Wildman–Crippen LogP) is 4.09. The van der Waals surface area contributed by atoms with Crippen molar-refractivity contribution >= 4 is 35.4 Å². The summed E-state index contributed by atoms with van der Waals surface area (Å²) in [4.78, 5) is 41.5. The van der Waals surface area contributed by atoms with Gasteiger partial charge in [0.2, 0.25) is 11.8 Å². The van der Waals surface area contributed by atoms with Gasteiger partial charge in [-0.05, 0) is 34.4 Å². The van der Waals surface area contributed by atoms with Crippen LogP contribution < -0.4 is 4.90 Å². The molecule has 0 aromatic heterocycles. The molecule has 1 fully saturated rings. The number of amides is 2. The number of para-hydroxylation sites is 1. The minimum atomic E-state index is -1.19. The molecule has 1 aliphatic heterocycles. The second-order valence-electron chi connectivity index (χ2n) is 8.11. The van der Waals surface area contributed by atoms with E-state index in [1.54, 1.807) is 24.3 Å². The molecule has 4 aliphatic rings. The van der Waals surface area contributed by atoms with Gasteiger partial charge in [-0.2, -0.15) is 0 Å². The van der Waals surface area contributed by atoms with Gasteiger partial charge >= 0.3 is 0 Å². The van der Waals surface area contributed by atoms with Crippen molar-refractivity contribution in [3.63, 3.8) is 0 Å². The molecule has 7 rings (SSSR count). The number of halogens is 1. The van der Waals surface area contributed by atoms with Gasteiger partial charge in [0.1, 0.15) is 6.29 Å². The van der Waals surface area contributed by atoms with Crippen molar-refractivity contribution in [3.05, 3.63) is 100 Å². The van der Waals surface area contributed by atoms with E-state index >= 15 is 0 Å². The maximum Gasteiger partial charge on any atom is 0.239 e. The molecule has 0 N–H and O–H groups in total. The van der Waals surface area contributed by atoms with E-state index in [0.717, 1.165) is 28.5 Å². The van der Waals surface area contributed by atoms with Crippen LogP contribution >= 0.6 is 11.6 Å². The molecule has 0 radical (unpaired) electrons.